The largest absolute Gasteiger partial charge is 0.467 e. The molecule has 2 aromatic rings. The monoisotopic (exact) mass is 393 g/mol. The molecule has 1 amide bonds. The fourth-order valence-electron chi connectivity index (χ4n) is 2.43. The molecule has 0 saturated heterocycles. The summed E-state index contributed by atoms with van der Waals surface area (Å²) in [6.45, 7) is 1.41. The standard InChI is InChI=1S/C23H23NO5/c1-16(26)21(23(28)29-2)24-22(27)20-13-11-18(12-14-20)6-4-3-5-17-7-9-19(15-25)10-8-17/h3,5,7-14,16,21,25-26H,15H2,1-2H3,(H,24,27)/t16-,21+/m1/s1. The first-order valence-electron chi connectivity index (χ1n) is 8.99. The first-order chi connectivity index (χ1) is 13.9. The predicted octanol–water partition coefficient (Wildman–Crippen LogP) is 1.90. The SMILES string of the molecule is COC(=O)[C@@H](NC(=O)c1ccc(C#CC=Cc2ccc(CO)cc2)cc1)[C@@H](C)O. The van der Waals surface area contributed by atoms with Crippen molar-refractivity contribution in [3.63, 3.8) is 0 Å². The molecule has 2 aromatic carbocycles. The molecule has 2 atom stereocenters. The van der Waals surface area contributed by atoms with Crippen LogP contribution in [0.25, 0.3) is 6.08 Å². The summed E-state index contributed by atoms with van der Waals surface area (Å²) in [4.78, 5) is 23.9. The van der Waals surface area contributed by atoms with Crippen LogP contribution in [0.5, 0.6) is 0 Å². The van der Waals surface area contributed by atoms with E-state index in [4.69, 9.17) is 5.11 Å². The lowest BCUT2D eigenvalue weighted by Crippen LogP contribution is -2.48. The molecule has 0 aliphatic carbocycles. The van der Waals surface area contributed by atoms with Crippen molar-refractivity contribution in [1.29, 1.82) is 0 Å². The lowest BCUT2D eigenvalue weighted by Gasteiger charge is -2.18. The summed E-state index contributed by atoms with van der Waals surface area (Å²) in [5.74, 6) is 4.68. The zero-order chi connectivity index (χ0) is 21.2. The second kappa shape index (κ2) is 10.8. The van der Waals surface area contributed by atoms with Crippen molar-refractivity contribution >= 4 is 18.0 Å². The van der Waals surface area contributed by atoms with Gasteiger partial charge in [-0.2, -0.15) is 0 Å². The van der Waals surface area contributed by atoms with E-state index in [9.17, 15) is 14.7 Å². The Morgan fingerprint density at radius 1 is 1.14 bits per heavy atom. The highest BCUT2D eigenvalue weighted by Crippen LogP contribution is 2.07. The van der Waals surface area contributed by atoms with Crippen molar-refractivity contribution < 1.29 is 24.5 Å². The average molecular weight is 393 g/mol. The summed E-state index contributed by atoms with van der Waals surface area (Å²) in [5, 5.41) is 21.1. The summed E-state index contributed by atoms with van der Waals surface area (Å²) in [6.07, 6.45) is 2.50. The Labute approximate surface area is 169 Å². The number of carbonyl (C=O) groups is 2. The summed E-state index contributed by atoms with van der Waals surface area (Å²) in [7, 11) is 1.19. The second-order valence-electron chi connectivity index (χ2n) is 6.29. The Kier molecular flexibility index (Phi) is 8.16. The molecule has 0 aliphatic heterocycles. The van der Waals surface area contributed by atoms with E-state index in [-0.39, 0.29) is 6.61 Å². The normalized spacial score (nSPS) is 12.6. The number of methoxy groups -OCH3 is 1. The van der Waals surface area contributed by atoms with Crippen molar-refractivity contribution in [3.8, 4) is 11.8 Å². The van der Waals surface area contributed by atoms with Gasteiger partial charge in [0.05, 0.1) is 19.8 Å². The highest BCUT2D eigenvalue weighted by Gasteiger charge is 2.26. The molecule has 0 unspecified atom stereocenters. The van der Waals surface area contributed by atoms with Gasteiger partial charge in [0, 0.05) is 11.1 Å². The number of esters is 1. The van der Waals surface area contributed by atoms with Crippen molar-refractivity contribution in [2.24, 2.45) is 0 Å². The third kappa shape index (κ3) is 6.61. The number of rotatable bonds is 6. The van der Waals surface area contributed by atoms with E-state index < -0.39 is 24.0 Å². The molecular formula is C23H23NO5. The number of allylic oxidation sites excluding steroid dienone is 1. The minimum Gasteiger partial charge on any atom is -0.467 e. The maximum atomic E-state index is 12.3. The van der Waals surface area contributed by atoms with Gasteiger partial charge in [-0.3, -0.25) is 4.79 Å². The van der Waals surface area contributed by atoms with Gasteiger partial charge < -0.3 is 20.3 Å². The Morgan fingerprint density at radius 2 is 1.79 bits per heavy atom. The van der Waals surface area contributed by atoms with E-state index >= 15 is 0 Å². The van der Waals surface area contributed by atoms with Gasteiger partial charge in [0.1, 0.15) is 0 Å². The Morgan fingerprint density at radius 3 is 2.34 bits per heavy atom. The predicted molar refractivity (Wildman–Crippen MR) is 110 cm³/mol. The van der Waals surface area contributed by atoms with Crippen LogP contribution in [-0.2, 0) is 16.1 Å². The van der Waals surface area contributed by atoms with Crippen LogP contribution >= 0.6 is 0 Å². The van der Waals surface area contributed by atoms with Gasteiger partial charge in [-0.1, -0.05) is 36.1 Å². The van der Waals surface area contributed by atoms with Crippen LogP contribution in [0.15, 0.2) is 54.6 Å². The third-order valence-electron chi connectivity index (χ3n) is 4.11. The number of hydrogen-bond donors (Lipinski definition) is 3. The van der Waals surface area contributed by atoms with Crippen LogP contribution in [0.1, 0.15) is 34.0 Å². The zero-order valence-electron chi connectivity index (χ0n) is 16.3. The van der Waals surface area contributed by atoms with E-state index in [2.05, 4.69) is 21.9 Å². The summed E-state index contributed by atoms with van der Waals surface area (Å²) in [6, 6.07) is 12.9. The first kappa shape index (κ1) is 21.9. The minimum absolute atomic E-state index is 0.0141. The second-order valence-corrected chi connectivity index (χ2v) is 6.29. The maximum absolute atomic E-state index is 12.3. The number of hydrogen-bond acceptors (Lipinski definition) is 5. The molecule has 0 aromatic heterocycles. The van der Waals surface area contributed by atoms with E-state index in [1.54, 1.807) is 30.3 Å². The molecule has 0 bridgehead atoms. The molecule has 0 saturated carbocycles. The quantitative estimate of drug-likeness (QED) is 0.515. The number of aliphatic hydroxyl groups is 2. The number of amides is 1. The minimum atomic E-state index is -1.14. The van der Waals surface area contributed by atoms with E-state index in [0.29, 0.717) is 5.56 Å². The molecule has 6 nitrogen and oxygen atoms in total. The topological polar surface area (TPSA) is 95.9 Å². The van der Waals surface area contributed by atoms with Gasteiger partial charge in [0.25, 0.3) is 5.91 Å². The number of ether oxygens (including phenoxy) is 1. The van der Waals surface area contributed by atoms with Gasteiger partial charge in [-0.05, 0) is 54.5 Å². The highest BCUT2D eigenvalue weighted by atomic mass is 16.5. The highest BCUT2D eigenvalue weighted by molar-refractivity contribution is 5.97. The van der Waals surface area contributed by atoms with Gasteiger partial charge in [-0.15, -0.1) is 0 Å². The molecule has 3 N–H and O–H groups in total. The lowest BCUT2D eigenvalue weighted by atomic mass is 10.1. The fourth-order valence-corrected chi connectivity index (χ4v) is 2.43. The molecule has 29 heavy (non-hydrogen) atoms. The van der Waals surface area contributed by atoms with Gasteiger partial charge >= 0.3 is 5.97 Å². The van der Waals surface area contributed by atoms with Gasteiger partial charge in [0.15, 0.2) is 6.04 Å². The summed E-state index contributed by atoms with van der Waals surface area (Å²) < 4.78 is 4.58. The van der Waals surface area contributed by atoms with E-state index in [1.165, 1.54) is 14.0 Å². The third-order valence-corrected chi connectivity index (χ3v) is 4.11. The molecule has 0 fully saturated rings. The molecule has 0 heterocycles. The molecule has 0 spiro atoms. The van der Waals surface area contributed by atoms with Crippen LogP contribution < -0.4 is 5.32 Å². The summed E-state index contributed by atoms with van der Waals surface area (Å²) in [5.41, 5.74) is 2.89. The van der Waals surface area contributed by atoms with E-state index in [0.717, 1.165) is 16.7 Å². The van der Waals surface area contributed by atoms with Crippen molar-refractivity contribution in [3.05, 3.63) is 76.9 Å². The van der Waals surface area contributed by atoms with Crippen LogP contribution in [0.3, 0.4) is 0 Å². The van der Waals surface area contributed by atoms with Crippen molar-refractivity contribution in [1.82, 2.24) is 5.32 Å². The lowest BCUT2D eigenvalue weighted by molar-refractivity contribution is -0.145. The zero-order valence-corrected chi connectivity index (χ0v) is 16.3. The van der Waals surface area contributed by atoms with Gasteiger partial charge in [0.2, 0.25) is 0 Å². The maximum Gasteiger partial charge on any atom is 0.331 e. The number of nitrogens with one attached hydrogen (secondary N) is 1. The molecule has 150 valence electrons. The van der Waals surface area contributed by atoms with Gasteiger partial charge in [-0.25, -0.2) is 4.79 Å². The molecule has 0 aliphatic rings. The van der Waals surface area contributed by atoms with Crippen LogP contribution in [0.2, 0.25) is 0 Å². The number of benzene rings is 2. The molecular weight excluding hydrogens is 370 g/mol. The summed E-state index contributed by atoms with van der Waals surface area (Å²) >= 11 is 0. The molecule has 0 radical (unpaired) electrons. The molecule has 6 heteroatoms. The number of carbonyl (C=O) groups excluding carboxylic acids is 2. The first-order valence-corrected chi connectivity index (χ1v) is 8.99. The fraction of sp³-hybridized carbons (Fsp3) is 0.217. The Bertz CT molecular complexity index is 918. The number of aliphatic hydroxyl groups excluding tert-OH is 2. The van der Waals surface area contributed by atoms with Crippen LogP contribution in [0.4, 0.5) is 0 Å². The van der Waals surface area contributed by atoms with Crippen molar-refractivity contribution in [2.75, 3.05) is 7.11 Å². The van der Waals surface area contributed by atoms with E-state index in [1.807, 2.05) is 30.3 Å². The van der Waals surface area contributed by atoms with Crippen LogP contribution in [-0.4, -0.2) is 41.3 Å². The molecule has 2 rings (SSSR count). The smallest absolute Gasteiger partial charge is 0.331 e. The average Bonchev–Trinajstić information content (AvgIpc) is 2.75. The van der Waals surface area contributed by atoms with Crippen LogP contribution in [0, 0.1) is 11.8 Å². The van der Waals surface area contributed by atoms with Crippen molar-refractivity contribution in [2.45, 2.75) is 25.7 Å². The Balaban J connectivity index is 1.99. The Hall–Kier alpha value is -3.40.